The molecule has 2 unspecified atom stereocenters. The molecule has 2 atom stereocenters. The van der Waals surface area contributed by atoms with Crippen LogP contribution in [0.5, 0.6) is 0 Å². The van der Waals surface area contributed by atoms with Gasteiger partial charge in [0.2, 0.25) is 0 Å². The Morgan fingerprint density at radius 3 is 2.33 bits per heavy atom. The van der Waals surface area contributed by atoms with Crippen molar-refractivity contribution in [3.05, 3.63) is 62.8 Å². The van der Waals surface area contributed by atoms with Crippen LogP contribution in [0.1, 0.15) is 11.5 Å². The summed E-state index contributed by atoms with van der Waals surface area (Å²) < 4.78 is 55.7. The van der Waals surface area contributed by atoms with E-state index in [1.807, 2.05) is 12.2 Å². The Bertz CT molecular complexity index is 1150. The minimum absolute atomic E-state index is 0.000357. The fraction of sp³-hybridized carbons (Fsp3) is 0.111. The quantitative estimate of drug-likeness (QED) is 0.536. The first-order valence-electron chi connectivity index (χ1n) is 7.28. The summed E-state index contributed by atoms with van der Waals surface area (Å²) in [5.41, 5.74) is 0.764. The molecule has 2 aliphatic rings. The Kier molecular flexibility index (Phi) is 2.95. The molecule has 2 aromatic carbocycles. The van der Waals surface area contributed by atoms with Gasteiger partial charge >= 0.3 is 0 Å². The van der Waals surface area contributed by atoms with Crippen molar-refractivity contribution in [1.82, 2.24) is 0 Å². The monoisotopic (exact) mass is 364 g/mol. The minimum atomic E-state index is -0.870. The molecular formula is C18H8F4S2. The van der Waals surface area contributed by atoms with E-state index >= 15 is 0 Å². The smallest absolute Gasteiger partial charge is 0.160 e. The van der Waals surface area contributed by atoms with E-state index in [4.69, 9.17) is 0 Å². The normalized spacial score (nSPS) is 21.0. The van der Waals surface area contributed by atoms with Crippen molar-refractivity contribution in [3.8, 4) is 0 Å². The second-order valence-corrected chi connectivity index (χ2v) is 8.19. The Morgan fingerprint density at radius 2 is 1.50 bits per heavy atom. The Hall–Kier alpha value is -1.79. The molecule has 0 amide bonds. The molecule has 6 heteroatoms. The summed E-state index contributed by atoms with van der Waals surface area (Å²) in [4.78, 5) is 0.730. The molecule has 2 heterocycles. The third kappa shape index (κ3) is 1.93. The molecule has 0 radical (unpaired) electrons. The molecule has 0 fully saturated rings. The Balaban J connectivity index is 1.76. The number of hydrogen-bond acceptors (Lipinski definition) is 2. The molecule has 3 aromatic rings. The summed E-state index contributed by atoms with van der Waals surface area (Å²) in [5.74, 6) is -3.49. The summed E-state index contributed by atoms with van der Waals surface area (Å²) in [6.45, 7) is 0. The topological polar surface area (TPSA) is 0 Å². The maximum Gasteiger partial charge on any atom is 0.160 e. The summed E-state index contributed by atoms with van der Waals surface area (Å²) in [6, 6.07) is 4.92. The predicted octanol–water partition coefficient (Wildman–Crippen LogP) is 4.29. The molecule has 1 aliphatic heterocycles. The lowest BCUT2D eigenvalue weighted by atomic mass is 9.92. The fourth-order valence-electron chi connectivity index (χ4n) is 3.38. The predicted molar refractivity (Wildman–Crippen MR) is 88.7 cm³/mol. The summed E-state index contributed by atoms with van der Waals surface area (Å²) in [7, 11) is 0. The van der Waals surface area contributed by atoms with Gasteiger partial charge in [-0.15, -0.1) is 23.1 Å². The Labute approximate surface area is 142 Å². The largest absolute Gasteiger partial charge is 0.204 e. The highest BCUT2D eigenvalue weighted by molar-refractivity contribution is 8.00. The van der Waals surface area contributed by atoms with E-state index in [1.165, 1.54) is 47.4 Å². The van der Waals surface area contributed by atoms with Crippen LogP contribution in [0.15, 0.2) is 29.2 Å². The van der Waals surface area contributed by atoms with E-state index in [2.05, 4.69) is 0 Å². The first-order valence-corrected chi connectivity index (χ1v) is 8.98. The maximum atomic E-state index is 13.6. The van der Waals surface area contributed by atoms with Crippen molar-refractivity contribution in [2.45, 2.75) is 16.1 Å². The van der Waals surface area contributed by atoms with E-state index in [1.54, 1.807) is 0 Å². The molecule has 0 bridgehead atoms. The zero-order valence-corrected chi connectivity index (χ0v) is 13.6. The van der Waals surface area contributed by atoms with Crippen molar-refractivity contribution in [1.29, 1.82) is 0 Å². The van der Waals surface area contributed by atoms with Crippen molar-refractivity contribution in [2.75, 3.05) is 0 Å². The van der Waals surface area contributed by atoms with Gasteiger partial charge in [0.05, 0.1) is 0 Å². The van der Waals surface area contributed by atoms with Gasteiger partial charge in [-0.3, -0.25) is 0 Å². The van der Waals surface area contributed by atoms with Gasteiger partial charge in [-0.05, 0) is 35.0 Å². The van der Waals surface area contributed by atoms with E-state index in [9.17, 15) is 17.6 Å². The third-order valence-electron chi connectivity index (χ3n) is 4.49. The Morgan fingerprint density at radius 1 is 0.792 bits per heavy atom. The van der Waals surface area contributed by atoms with Gasteiger partial charge in [-0.2, -0.15) is 0 Å². The molecule has 0 N–H and O–H groups in total. The molecule has 0 nitrogen and oxygen atoms in total. The van der Waals surface area contributed by atoms with E-state index < -0.39 is 23.3 Å². The van der Waals surface area contributed by atoms with Crippen molar-refractivity contribution in [2.24, 2.45) is 0 Å². The van der Waals surface area contributed by atoms with Crippen LogP contribution in [0.4, 0.5) is 17.6 Å². The number of fused-ring (bicyclic) bond motifs is 6. The zero-order chi connectivity index (χ0) is 16.6. The highest BCUT2D eigenvalue weighted by Gasteiger charge is 2.33. The molecule has 1 aromatic heterocycles. The molecule has 24 heavy (non-hydrogen) atoms. The second kappa shape index (κ2) is 4.86. The molecule has 0 saturated heterocycles. The van der Waals surface area contributed by atoms with Crippen LogP contribution in [-0.2, 0) is 0 Å². The third-order valence-corrected chi connectivity index (χ3v) is 6.93. The lowest BCUT2D eigenvalue weighted by molar-refractivity contribution is 0.504. The van der Waals surface area contributed by atoms with E-state index in [0.29, 0.717) is 10.1 Å². The second-order valence-electron chi connectivity index (χ2n) is 5.89. The number of thiophene rings is 1. The lowest BCUT2D eigenvalue weighted by Crippen LogP contribution is -2.28. The van der Waals surface area contributed by atoms with Crippen LogP contribution in [0.3, 0.4) is 0 Å². The summed E-state index contributed by atoms with van der Waals surface area (Å²) >= 11 is 2.85. The van der Waals surface area contributed by atoms with Gasteiger partial charge in [0, 0.05) is 30.7 Å². The van der Waals surface area contributed by atoms with Crippen LogP contribution < -0.4 is 9.75 Å². The zero-order valence-electron chi connectivity index (χ0n) is 11.9. The average Bonchev–Trinajstić information content (AvgIpc) is 3.04. The van der Waals surface area contributed by atoms with Gasteiger partial charge in [0.1, 0.15) is 0 Å². The van der Waals surface area contributed by atoms with Gasteiger partial charge in [-0.1, -0.05) is 12.2 Å². The fourth-order valence-corrected chi connectivity index (χ4v) is 5.93. The van der Waals surface area contributed by atoms with Crippen molar-refractivity contribution in [3.63, 3.8) is 0 Å². The van der Waals surface area contributed by atoms with E-state index in [-0.39, 0.29) is 11.2 Å². The first kappa shape index (κ1) is 14.5. The van der Waals surface area contributed by atoms with Crippen molar-refractivity contribution < 1.29 is 17.6 Å². The highest BCUT2D eigenvalue weighted by Crippen LogP contribution is 2.48. The summed E-state index contributed by atoms with van der Waals surface area (Å²) in [6.07, 6.45) is 3.99. The van der Waals surface area contributed by atoms with Crippen molar-refractivity contribution >= 4 is 45.3 Å². The van der Waals surface area contributed by atoms with Crippen LogP contribution in [0.2, 0.25) is 0 Å². The number of rotatable bonds is 0. The van der Waals surface area contributed by atoms with E-state index in [0.717, 1.165) is 20.2 Å². The van der Waals surface area contributed by atoms with Gasteiger partial charge in [0.15, 0.2) is 23.3 Å². The molecule has 120 valence electrons. The maximum absolute atomic E-state index is 13.6. The number of hydrogen-bond donors (Lipinski definition) is 0. The van der Waals surface area contributed by atoms with Crippen LogP contribution >= 0.6 is 23.1 Å². The van der Waals surface area contributed by atoms with Crippen LogP contribution in [0.25, 0.3) is 22.2 Å². The number of thioether (sulfide) groups is 1. The molecular weight excluding hydrogens is 356 g/mol. The van der Waals surface area contributed by atoms with Gasteiger partial charge in [0.25, 0.3) is 0 Å². The van der Waals surface area contributed by atoms with Crippen LogP contribution in [-0.4, -0.2) is 5.25 Å². The number of halogens is 4. The standard InChI is InChI=1S/C18H8F4S2/c19-11-1-7-9-3-16-10(4-15(9)23-17(7)5-13(11)21)8-2-12(20)14(22)6-18(8)24-16/h1-6,9,15H. The lowest BCUT2D eigenvalue weighted by Gasteiger charge is -2.14. The molecule has 0 spiro atoms. The molecule has 1 aliphatic carbocycles. The highest BCUT2D eigenvalue weighted by atomic mass is 32.2. The minimum Gasteiger partial charge on any atom is -0.204 e. The number of benzene rings is 2. The summed E-state index contributed by atoms with van der Waals surface area (Å²) in [5, 5.41) is 1.55. The average molecular weight is 364 g/mol. The molecule has 0 saturated carbocycles. The van der Waals surface area contributed by atoms with Gasteiger partial charge in [-0.25, -0.2) is 17.6 Å². The SMILES string of the molecule is Fc1cc2c(cc1F)C1C=c3sc4cc(F)c(F)cc4c3=CC1S2. The molecule has 5 rings (SSSR count). The van der Waals surface area contributed by atoms with Gasteiger partial charge < -0.3 is 0 Å². The van der Waals surface area contributed by atoms with Crippen LogP contribution in [0, 0.1) is 23.3 Å². The first-order chi connectivity index (χ1) is 11.5.